The molecule has 0 N–H and O–H groups in total. The summed E-state index contributed by atoms with van der Waals surface area (Å²) in [6, 6.07) is 27.3. The van der Waals surface area contributed by atoms with Gasteiger partial charge in [-0.25, -0.2) is 4.98 Å². The highest BCUT2D eigenvalue weighted by Gasteiger charge is 2.42. The number of aromatic nitrogens is 2. The molecule has 4 heteroatoms. The van der Waals surface area contributed by atoms with E-state index in [4.69, 9.17) is 4.98 Å². The number of hydrogen-bond donors (Lipinski definition) is 0. The second-order valence-corrected chi connectivity index (χ2v) is 9.48. The number of carbonyl (C=O) groups excluding carboxylic acids is 1. The minimum absolute atomic E-state index is 0.126. The maximum atomic E-state index is 13.4. The van der Waals surface area contributed by atoms with Gasteiger partial charge in [-0.2, -0.15) is 0 Å². The molecule has 0 radical (unpaired) electrons. The summed E-state index contributed by atoms with van der Waals surface area (Å²) in [4.78, 5) is 20.3. The molecule has 1 amide bonds. The third-order valence-electron chi connectivity index (χ3n) is 7.04. The van der Waals surface area contributed by atoms with Gasteiger partial charge in [-0.15, -0.1) is 0 Å². The number of benzene rings is 3. The van der Waals surface area contributed by atoms with E-state index in [9.17, 15) is 4.79 Å². The molecule has 1 fully saturated rings. The summed E-state index contributed by atoms with van der Waals surface area (Å²) in [7, 11) is 0. The first-order valence-corrected chi connectivity index (χ1v) is 12.0. The number of imidazole rings is 1. The third kappa shape index (κ3) is 4.28. The van der Waals surface area contributed by atoms with Crippen molar-refractivity contribution in [1.82, 2.24) is 14.5 Å². The van der Waals surface area contributed by atoms with Crippen molar-refractivity contribution >= 4 is 5.91 Å². The van der Waals surface area contributed by atoms with Crippen LogP contribution in [0.4, 0.5) is 0 Å². The number of piperidine rings is 1. The number of carbonyl (C=O) groups is 1. The molecule has 0 saturated carbocycles. The predicted molar refractivity (Wildman–Crippen MR) is 136 cm³/mol. The fraction of sp³-hybridized carbons (Fsp3) is 0.267. The SMILES string of the molecule is Cc1cc(C)cc(C(=O)N2CCC(c3ccccc3)(c3nccn3Cc3ccccc3)CC2)c1. The zero-order valence-corrected chi connectivity index (χ0v) is 19.9. The third-order valence-corrected chi connectivity index (χ3v) is 7.04. The lowest BCUT2D eigenvalue weighted by Crippen LogP contribution is -2.47. The van der Waals surface area contributed by atoms with Gasteiger partial charge in [-0.1, -0.05) is 77.9 Å². The minimum Gasteiger partial charge on any atom is -0.339 e. The van der Waals surface area contributed by atoms with E-state index in [1.165, 1.54) is 11.1 Å². The van der Waals surface area contributed by atoms with Crippen LogP contribution in [0.2, 0.25) is 0 Å². The number of nitrogens with zero attached hydrogens (tertiary/aromatic N) is 3. The molecular formula is C30H31N3O. The molecule has 5 rings (SSSR count). The molecule has 4 aromatic rings. The Kier molecular flexibility index (Phi) is 6.06. The van der Waals surface area contributed by atoms with Gasteiger partial charge in [0.15, 0.2) is 0 Å². The topological polar surface area (TPSA) is 38.1 Å². The van der Waals surface area contributed by atoms with Gasteiger partial charge in [0.2, 0.25) is 0 Å². The average molecular weight is 450 g/mol. The number of amides is 1. The van der Waals surface area contributed by atoms with Crippen molar-refractivity contribution in [3.8, 4) is 0 Å². The van der Waals surface area contributed by atoms with Crippen molar-refractivity contribution in [2.75, 3.05) is 13.1 Å². The van der Waals surface area contributed by atoms with Crippen molar-refractivity contribution in [2.24, 2.45) is 0 Å². The van der Waals surface area contributed by atoms with E-state index in [1.54, 1.807) is 0 Å². The molecule has 0 unspecified atom stereocenters. The highest BCUT2D eigenvalue weighted by atomic mass is 16.2. The molecule has 34 heavy (non-hydrogen) atoms. The van der Waals surface area contributed by atoms with Crippen LogP contribution in [-0.2, 0) is 12.0 Å². The molecular weight excluding hydrogens is 418 g/mol. The molecule has 0 atom stereocenters. The van der Waals surface area contributed by atoms with E-state index >= 15 is 0 Å². The molecule has 0 bridgehead atoms. The molecule has 4 nitrogen and oxygen atoms in total. The standard InChI is InChI=1S/C30H31N3O/c1-23-19-24(2)21-26(20-23)28(34)32-16-13-30(14-17-32,27-11-7-4-8-12-27)29-31-15-18-33(29)22-25-9-5-3-6-10-25/h3-12,15,18-21H,13-14,16-17,22H2,1-2H3. The maximum absolute atomic E-state index is 13.4. The van der Waals surface area contributed by atoms with Crippen LogP contribution >= 0.6 is 0 Å². The highest BCUT2D eigenvalue weighted by Crippen LogP contribution is 2.41. The lowest BCUT2D eigenvalue weighted by molar-refractivity contribution is 0.0680. The van der Waals surface area contributed by atoms with Crippen LogP contribution < -0.4 is 0 Å². The van der Waals surface area contributed by atoms with Crippen LogP contribution in [0.25, 0.3) is 0 Å². The smallest absolute Gasteiger partial charge is 0.253 e. The monoisotopic (exact) mass is 449 g/mol. The second kappa shape index (κ2) is 9.30. The average Bonchev–Trinajstić information content (AvgIpc) is 3.33. The van der Waals surface area contributed by atoms with Crippen LogP contribution in [0, 0.1) is 13.8 Å². The van der Waals surface area contributed by atoms with Crippen LogP contribution in [-0.4, -0.2) is 33.4 Å². The summed E-state index contributed by atoms with van der Waals surface area (Å²) in [6.07, 6.45) is 5.69. The molecule has 1 aliphatic heterocycles. The lowest BCUT2D eigenvalue weighted by atomic mass is 9.71. The Morgan fingerprint density at radius 1 is 0.882 bits per heavy atom. The van der Waals surface area contributed by atoms with Gasteiger partial charge in [0.05, 0.1) is 5.41 Å². The van der Waals surface area contributed by atoms with E-state index in [1.807, 2.05) is 43.1 Å². The molecule has 172 valence electrons. The summed E-state index contributed by atoms with van der Waals surface area (Å²) in [5.41, 5.74) is 5.35. The van der Waals surface area contributed by atoms with Gasteiger partial charge in [0.25, 0.3) is 5.91 Å². The van der Waals surface area contributed by atoms with E-state index in [2.05, 4.69) is 71.4 Å². The van der Waals surface area contributed by atoms with Gasteiger partial charge in [-0.05, 0) is 49.9 Å². The minimum atomic E-state index is -0.223. The summed E-state index contributed by atoms with van der Waals surface area (Å²) in [6.45, 7) is 6.30. The fourth-order valence-corrected chi connectivity index (χ4v) is 5.41. The lowest BCUT2D eigenvalue weighted by Gasteiger charge is -2.42. The van der Waals surface area contributed by atoms with Gasteiger partial charge in [-0.3, -0.25) is 4.79 Å². The Morgan fingerprint density at radius 2 is 1.50 bits per heavy atom. The van der Waals surface area contributed by atoms with Crippen molar-refractivity contribution in [2.45, 2.75) is 38.6 Å². The normalized spacial score (nSPS) is 15.3. The van der Waals surface area contributed by atoms with Crippen molar-refractivity contribution < 1.29 is 4.79 Å². The Hall–Kier alpha value is -3.66. The van der Waals surface area contributed by atoms with Crippen molar-refractivity contribution in [3.05, 3.63) is 125 Å². The summed E-state index contributed by atoms with van der Waals surface area (Å²) >= 11 is 0. The zero-order valence-electron chi connectivity index (χ0n) is 19.9. The van der Waals surface area contributed by atoms with Crippen molar-refractivity contribution in [3.63, 3.8) is 0 Å². The summed E-state index contributed by atoms with van der Waals surface area (Å²) in [5, 5.41) is 0. The Morgan fingerprint density at radius 3 is 2.15 bits per heavy atom. The van der Waals surface area contributed by atoms with Gasteiger partial charge in [0, 0.05) is 37.6 Å². The molecule has 0 aliphatic carbocycles. The number of aryl methyl sites for hydroxylation is 2. The molecule has 1 aromatic heterocycles. The fourth-order valence-electron chi connectivity index (χ4n) is 5.41. The molecule has 3 aromatic carbocycles. The Labute approximate surface area is 201 Å². The zero-order chi connectivity index (χ0) is 23.5. The van der Waals surface area contributed by atoms with Crippen molar-refractivity contribution in [1.29, 1.82) is 0 Å². The Bertz CT molecular complexity index is 1250. The second-order valence-electron chi connectivity index (χ2n) is 9.48. The van der Waals surface area contributed by atoms with E-state index in [0.29, 0.717) is 13.1 Å². The predicted octanol–water partition coefficient (Wildman–Crippen LogP) is 5.77. The largest absolute Gasteiger partial charge is 0.339 e. The van der Waals surface area contributed by atoms with E-state index < -0.39 is 0 Å². The molecule has 1 saturated heterocycles. The first kappa shape index (κ1) is 22.1. The first-order valence-electron chi connectivity index (χ1n) is 12.0. The first-order chi connectivity index (χ1) is 16.5. The van der Waals surface area contributed by atoms with Crippen LogP contribution in [0.15, 0.2) is 91.3 Å². The highest BCUT2D eigenvalue weighted by molar-refractivity contribution is 5.94. The summed E-state index contributed by atoms with van der Waals surface area (Å²) in [5.74, 6) is 1.21. The van der Waals surface area contributed by atoms with Crippen LogP contribution in [0.5, 0.6) is 0 Å². The van der Waals surface area contributed by atoms with Gasteiger partial charge < -0.3 is 9.47 Å². The summed E-state index contributed by atoms with van der Waals surface area (Å²) < 4.78 is 2.28. The van der Waals surface area contributed by atoms with E-state index in [-0.39, 0.29) is 11.3 Å². The number of hydrogen-bond acceptors (Lipinski definition) is 2. The Balaban J connectivity index is 1.46. The molecule has 2 heterocycles. The van der Waals surface area contributed by atoms with Crippen LogP contribution in [0.3, 0.4) is 0 Å². The van der Waals surface area contributed by atoms with Gasteiger partial charge >= 0.3 is 0 Å². The quantitative estimate of drug-likeness (QED) is 0.388. The number of likely N-dealkylation sites (tertiary alicyclic amines) is 1. The maximum Gasteiger partial charge on any atom is 0.253 e. The van der Waals surface area contributed by atoms with E-state index in [0.717, 1.165) is 41.9 Å². The van der Waals surface area contributed by atoms with Gasteiger partial charge in [0.1, 0.15) is 5.82 Å². The van der Waals surface area contributed by atoms with Crippen LogP contribution in [0.1, 0.15) is 51.3 Å². The number of rotatable bonds is 5. The molecule has 0 spiro atoms. The molecule has 1 aliphatic rings.